The summed E-state index contributed by atoms with van der Waals surface area (Å²) < 4.78 is 0. The lowest BCUT2D eigenvalue weighted by Gasteiger charge is -2.37. The summed E-state index contributed by atoms with van der Waals surface area (Å²) in [6.45, 7) is 7.62. The van der Waals surface area contributed by atoms with E-state index in [2.05, 4.69) is 22.5 Å². The second kappa shape index (κ2) is 7.10. The molecule has 4 heteroatoms. The van der Waals surface area contributed by atoms with Crippen molar-refractivity contribution in [3.05, 3.63) is 0 Å². The number of amides is 1. The van der Waals surface area contributed by atoms with Gasteiger partial charge in [-0.3, -0.25) is 9.69 Å². The summed E-state index contributed by atoms with van der Waals surface area (Å²) >= 11 is 0. The maximum atomic E-state index is 11.6. The molecule has 104 valence electrons. The molecule has 1 atom stereocenters. The Hall–Kier alpha value is -0.610. The predicted octanol–water partition coefficient (Wildman–Crippen LogP) is 0.977. The van der Waals surface area contributed by atoms with Gasteiger partial charge >= 0.3 is 0 Å². The van der Waals surface area contributed by atoms with Gasteiger partial charge in [-0.05, 0) is 57.8 Å². The van der Waals surface area contributed by atoms with Gasteiger partial charge in [0.1, 0.15) is 0 Å². The van der Waals surface area contributed by atoms with Gasteiger partial charge in [0.15, 0.2) is 0 Å². The molecule has 18 heavy (non-hydrogen) atoms. The fourth-order valence-corrected chi connectivity index (χ4v) is 3.14. The highest BCUT2D eigenvalue weighted by Crippen LogP contribution is 2.22. The first-order valence-corrected chi connectivity index (χ1v) is 7.51. The average Bonchev–Trinajstić information content (AvgIpc) is 2.62. The molecule has 1 amide bonds. The number of carbonyl (C=O) groups is 1. The minimum absolute atomic E-state index is 0.243. The Kier molecular flexibility index (Phi) is 5.45. The van der Waals surface area contributed by atoms with Crippen LogP contribution in [0.4, 0.5) is 0 Å². The van der Waals surface area contributed by atoms with Crippen molar-refractivity contribution in [2.24, 2.45) is 5.92 Å². The van der Waals surface area contributed by atoms with Gasteiger partial charge in [-0.2, -0.15) is 0 Å². The van der Waals surface area contributed by atoms with Gasteiger partial charge in [-0.1, -0.05) is 6.92 Å². The van der Waals surface area contributed by atoms with Gasteiger partial charge in [0.25, 0.3) is 0 Å². The van der Waals surface area contributed by atoms with E-state index >= 15 is 0 Å². The number of likely N-dealkylation sites (tertiary alicyclic amines) is 1. The third kappa shape index (κ3) is 3.95. The van der Waals surface area contributed by atoms with Crippen LogP contribution < -0.4 is 10.6 Å². The van der Waals surface area contributed by atoms with Crippen LogP contribution in [0.15, 0.2) is 0 Å². The third-order valence-corrected chi connectivity index (χ3v) is 4.31. The number of hydrogen-bond acceptors (Lipinski definition) is 3. The molecule has 2 aliphatic rings. The quantitative estimate of drug-likeness (QED) is 0.785. The molecular weight excluding hydrogens is 226 g/mol. The van der Waals surface area contributed by atoms with Crippen LogP contribution in [-0.2, 0) is 4.79 Å². The molecule has 1 unspecified atom stereocenters. The predicted molar refractivity (Wildman–Crippen MR) is 73.5 cm³/mol. The van der Waals surface area contributed by atoms with Gasteiger partial charge in [0.05, 0.1) is 0 Å². The minimum Gasteiger partial charge on any atom is -0.356 e. The van der Waals surface area contributed by atoms with Crippen LogP contribution in [0.2, 0.25) is 0 Å². The van der Waals surface area contributed by atoms with E-state index in [-0.39, 0.29) is 5.91 Å². The summed E-state index contributed by atoms with van der Waals surface area (Å²) in [6.07, 6.45) is 5.58. The summed E-state index contributed by atoms with van der Waals surface area (Å²) in [5, 5.41) is 6.42. The fourth-order valence-electron chi connectivity index (χ4n) is 3.14. The molecule has 0 aromatic rings. The molecule has 2 aliphatic heterocycles. The summed E-state index contributed by atoms with van der Waals surface area (Å²) in [7, 11) is 0. The van der Waals surface area contributed by atoms with Crippen LogP contribution in [-0.4, -0.2) is 49.6 Å². The first-order valence-electron chi connectivity index (χ1n) is 7.51. The van der Waals surface area contributed by atoms with E-state index in [4.69, 9.17) is 0 Å². The Morgan fingerprint density at radius 1 is 1.33 bits per heavy atom. The summed E-state index contributed by atoms with van der Waals surface area (Å²) in [6, 6.07) is 0.493. The monoisotopic (exact) mass is 253 g/mol. The highest BCUT2D eigenvalue weighted by Gasteiger charge is 2.27. The van der Waals surface area contributed by atoms with Crippen molar-refractivity contribution in [1.29, 1.82) is 0 Å². The number of carbonyl (C=O) groups excluding carboxylic acids is 1. The summed E-state index contributed by atoms with van der Waals surface area (Å²) in [5.41, 5.74) is 0. The van der Waals surface area contributed by atoms with Crippen LogP contribution in [0, 0.1) is 5.92 Å². The second-order valence-electron chi connectivity index (χ2n) is 5.64. The molecule has 2 N–H and O–H groups in total. The van der Waals surface area contributed by atoms with E-state index in [1.165, 1.54) is 32.4 Å². The lowest BCUT2D eigenvalue weighted by Crippen LogP contribution is -2.44. The SMILES string of the molecule is CCNCC1CCN(C2CCCNC(=O)C2)CC1. The van der Waals surface area contributed by atoms with E-state index < -0.39 is 0 Å². The second-order valence-corrected chi connectivity index (χ2v) is 5.64. The van der Waals surface area contributed by atoms with E-state index in [0.717, 1.165) is 32.0 Å². The van der Waals surface area contributed by atoms with Crippen LogP contribution in [0.5, 0.6) is 0 Å². The maximum Gasteiger partial charge on any atom is 0.221 e. The van der Waals surface area contributed by atoms with Crippen LogP contribution >= 0.6 is 0 Å². The third-order valence-electron chi connectivity index (χ3n) is 4.31. The molecule has 2 rings (SSSR count). The zero-order valence-electron chi connectivity index (χ0n) is 11.6. The van der Waals surface area contributed by atoms with Gasteiger partial charge in [0.2, 0.25) is 5.91 Å². The van der Waals surface area contributed by atoms with Crippen molar-refractivity contribution in [1.82, 2.24) is 15.5 Å². The van der Waals surface area contributed by atoms with Crippen molar-refractivity contribution in [2.75, 3.05) is 32.7 Å². The van der Waals surface area contributed by atoms with E-state index in [9.17, 15) is 4.79 Å². The Balaban J connectivity index is 1.76. The first kappa shape index (κ1) is 13.8. The van der Waals surface area contributed by atoms with Crippen LogP contribution in [0.25, 0.3) is 0 Å². The highest BCUT2D eigenvalue weighted by atomic mass is 16.1. The van der Waals surface area contributed by atoms with Crippen molar-refractivity contribution >= 4 is 5.91 Å². The Labute approximate surface area is 110 Å². The van der Waals surface area contributed by atoms with Crippen molar-refractivity contribution in [3.63, 3.8) is 0 Å². The zero-order chi connectivity index (χ0) is 12.8. The van der Waals surface area contributed by atoms with Gasteiger partial charge in [-0.25, -0.2) is 0 Å². The standard InChI is InChI=1S/C14H27N3O/c1-2-15-11-12-5-8-17(9-6-12)13-4-3-7-16-14(18)10-13/h12-13,15H,2-11H2,1H3,(H,16,18). The lowest BCUT2D eigenvalue weighted by molar-refractivity contribution is -0.121. The molecule has 0 bridgehead atoms. The van der Waals surface area contributed by atoms with Gasteiger partial charge < -0.3 is 10.6 Å². The van der Waals surface area contributed by atoms with Gasteiger partial charge in [0, 0.05) is 19.0 Å². The number of nitrogens with zero attached hydrogens (tertiary/aromatic N) is 1. The zero-order valence-corrected chi connectivity index (χ0v) is 11.6. The van der Waals surface area contributed by atoms with E-state index in [1.807, 2.05) is 0 Å². The maximum absolute atomic E-state index is 11.6. The molecule has 4 nitrogen and oxygen atoms in total. The molecule has 2 heterocycles. The topological polar surface area (TPSA) is 44.4 Å². The minimum atomic E-state index is 0.243. The smallest absolute Gasteiger partial charge is 0.221 e. The molecule has 2 fully saturated rings. The average molecular weight is 253 g/mol. The molecule has 0 aromatic heterocycles. The Bertz CT molecular complexity index is 262. The molecule has 0 saturated carbocycles. The summed E-state index contributed by atoms with van der Waals surface area (Å²) in [5.74, 6) is 1.08. The molecule has 0 aliphatic carbocycles. The molecule has 0 aromatic carbocycles. The van der Waals surface area contributed by atoms with Crippen LogP contribution in [0.1, 0.15) is 39.0 Å². The largest absolute Gasteiger partial charge is 0.356 e. The lowest BCUT2D eigenvalue weighted by atomic mass is 9.94. The van der Waals surface area contributed by atoms with Crippen molar-refractivity contribution in [3.8, 4) is 0 Å². The molecule has 0 spiro atoms. The Morgan fingerprint density at radius 2 is 2.11 bits per heavy atom. The molecule has 2 saturated heterocycles. The summed E-state index contributed by atoms with van der Waals surface area (Å²) in [4.78, 5) is 14.1. The first-order chi connectivity index (χ1) is 8.79. The van der Waals surface area contributed by atoms with Crippen LogP contribution in [0.3, 0.4) is 0 Å². The number of hydrogen-bond donors (Lipinski definition) is 2. The fraction of sp³-hybridized carbons (Fsp3) is 0.929. The number of nitrogens with one attached hydrogen (secondary N) is 2. The normalized spacial score (nSPS) is 27.8. The van der Waals surface area contributed by atoms with Crippen molar-refractivity contribution < 1.29 is 4.79 Å². The molecular formula is C14H27N3O. The molecule has 0 radical (unpaired) electrons. The highest BCUT2D eigenvalue weighted by molar-refractivity contribution is 5.76. The Morgan fingerprint density at radius 3 is 2.83 bits per heavy atom. The van der Waals surface area contributed by atoms with E-state index in [1.54, 1.807) is 0 Å². The number of piperidine rings is 1. The van der Waals surface area contributed by atoms with Crippen molar-refractivity contribution in [2.45, 2.75) is 45.1 Å². The van der Waals surface area contributed by atoms with E-state index in [0.29, 0.717) is 12.5 Å². The van der Waals surface area contributed by atoms with Gasteiger partial charge in [-0.15, -0.1) is 0 Å². The number of rotatable bonds is 4.